The quantitative estimate of drug-likeness (QED) is 0.946. The summed E-state index contributed by atoms with van der Waals surface area (Å²) >= 11 is 0. The average Bonchev–Trinajstić information content (AvgIpc) is 2.48. The largest absolute Gasteiger partial charge is 0.241 e. The molecule has 0 heterocycles. The van der Waals surface area contributed by atoms with Crippen LogP contribution < -0.4 is 4.72 Å². The van der Waals surface area contributed by atoms with E-state index in [0.29, 0.717) is 0 Å². The highest BCUT2D eigenvalue weighted by molar-refractivity contribution is 7.89. The van der Waals surface area contributed by atoms with E-state index in [4.69, 9.17) is 0 Å². The van der Waals surface area contributed by atoms with Gasteiger partial charge in [0, 0.05) is 6.04 Å². The van der Waals surface area contributed by atoms with Crippen LogP contribution in [0.2, 0.25) is 0 Å². The summed E-state index contributed by atoms with van der Waals surface area (Å²) in [6.07, 6.45) is 2.70. The molecule has 1 N–H and O–H groups in total. The molecule has 2 aromatic carbocycles. The summed E-state index contributed by atoms with van der Waals surface area (Å²) in [5.41, 5.74) is 2.23. The van der Waals surface area contributed by atoms with Crippen molar-refractivity contribution in [1.82, 2.24) is 4.72 Å². The summed E-state index contributed by atoms with van der Waals surface area (Å²) in [6, 6.07) is 12.6. The predicted octanol–water partition coefficient (Wildman–Crippen LogP) is 3.18. The Bertz CT molecular complexity index is 741. The van der Waals surface area contributed by atoms with Crippen LogP contribution in [0.3, 0.4) is 0 Å². The van der Waals surface area contributed by atoms with Gasteiger partial charge in [0.25, 0.3) is 0 Å². The van der Waals surface area contributed by atoms with Gasteiger partial charge in [-0.3, -0.25) is 0 Å². The maximum absolute atomic E-state index is 12.9. The average molecular weight is 305 g/mol. The Morgan fingerprint density at radius 2 is 1.76 bits per heavy atom. The van der Waals surface area contributed by atoms with Crippen LogP contribution in [0.1, 0.15) is 30.0 Å². The van der Waals surface area contributed by atoms with Crippen molar-refractivity contribution in [2.24, 2.45) is 0 Å². The summed E-state index contributed by atoms with van der Waals surface area (Å²) in [6.45, 7) is 0. The topological polar surface area (TPSA) is 46.2 Å². The summed E-state index contributed by atoms with van der Waals surface area (Å²) < 4.78 is 40.4. The minimum Gasteiger partial charge on any atom is -0.207 e. The molecular weight excluding hydrogens is 289 g/mol. The van der Waals surface area contributed by atoms with Gasteiger partial charge in [-0.2, -0.15) is 0 Å². The molecule has 21 heavy (non-hydrogen) atoms. The lowest BCUT2D eigenvalue weighted by Gasteiger charge is -2.26. The number of benzene rings is 2. The van der Waals surface area contributed by atoms with Crippen LogP contribution >= 0.6 is 0 Å². The number of nitrogens with one attached hydrogen (secondary N) is 1. The van der Waals surface area contributed by atoms with E-state index >= 15 is 0 Å². The first-order valence-electron chi connectivity index (χ1n) is 6.92. The molecule has 1 aliphatic rings. The molecule has 5 heteroatoms. The third-order valence-corrected chi connectivity index (χ3v) is 5.28. The van der Waals surface area contributed by atoms with E-state index in [1.54, 1.807) is 0 Å². The second-order valence-electron chi connectivity index (χ2n) is 5.22. The van der Waals surface area contributed by atoms with Crippen LogP contribution in [-0.2, 0) is 16.4 Å². The van der Waals surface area contributed by atoms with Gasteiger partial charge in [0.1, 0.15) is 5.82 Å². The van der Waals surface area contributed by atoms with Crippen molar-refractivity contribution >= 4 is 10.0 Å². The maximum Gasteiger partial charge on any atom is 0.241 e. The van der Waals surface area contributed by atoms with Crippen molar-refractivity contribution in [3.8, 4) is 0 Å². The standard InChI is InChI=1S/C16H16FNO2S/c17-13-8-10-14(11-9-13)21(19,20)18-16-7-3-5-12-4-1-2-6-15(12)16/h1-2,4,6,8-11,16,18H,3,5,7H2/t16-/m0/s1. The molecule has 1 atom stereocenters. The molecule has 0 amide bonds. The second kappa shape index (κ2) is 5.58. The van der Waals surface area contributed by atoms with Gasteiger partial charge >= 0.3 is 0 Å². The zero-order chi connectivity index (χ0) is 14.9. The highest BCUT2D eigenvalue weighted by Crippen LogP contribution is 2.30. The Morgan fingerprint density at radius 3 is 2.52 bits per heavy atom. The van der Waals surface area contributed by atoms with Crippen LogP contribution in [0.15, 0.2) is 53.4 Å². The van der Waals surface area contributed by atoms with Gasteiger partial charge in [0.05, 0.1) is 4.90 Å². The fourth-order valence-corrected chi connectivity index (χ4v) is 4.00. The number of fused-ring (bicyclic) bond motifs is 1. The first kappa shape index (κ1) is 14.2. The molecule has 0 radical (unpaired) electrons. The van der Waals surface area contributed by atoms with Crippen molar-refractivity contribution in [1.29, 1.82) is 0 Å². The van der Waals surface area contributed by atoms with E-state index in [1.165, 1.54) is 17.7 Å². The summed E-state index contributed by atoms with van der Waals surface area (Å²) in [7, 11) is -3.64. The monoisotopic (exact) mass is 305 g/mol. The Hall–Kier alpha value is -1.72. The molecule has 0 spiro atoms. The lowest BCUT2D eigenvalue weighted by molar-refractivity contribution is 0.507. The molecule has 0 aliphatic heterocycles. The predicted molar refractivity (Wildman–Crippen MR) is 78.8 cm³/mol. The first-order chi connectivity index (χ1) is 10.1. The number of hydrogen-bond acceptors (Lipinski definition) is 2. The Labute approximate surface area is 123 Å². The third kappa shape index (κ3) is 2.99. The second-order valence-corrected chi connectivity index (χ2v) is 6.93. The Morgan fingerprint density at radius 1 is 1.05 bits per heavy atom. The molecule has 1 aliphatic carbocycles. The first-order valence-corrected chi connectivity index (χ1v) is 8.40. The highest BCUT2D eigenvalue weighted by Gasteiger charge is 2.25. The third-order valence-electron chi connectivity index (χ3n) is 3.79. The summed E-state index contributed by atoms with van der Waals surface area (Å²) in [5, 5.41) is 0. The van der Waals surface area contributed by atoms with Crippen molar-refractivity contribution in [3.05, 3.63) is 65.5 Å². The lowest BCUT2D eigenvalue weighted by Crippen LogP contribution is -2.31. The van der Waals surface area contributed by atoms with Gasteiger partial charge in [-0.15, -0.1) is 0 Å². The van der Waals surface area contributed by atoms with Crippen molar-refractivity contribution < 1.29 is 12.8 Å². The minimum absolute atomic E-state index is 0.0898. The molecule has 0 unspecified atom stereocenters. The zero-order valence-electron chi connectivity index (χ0n) is 11.4. The SMILES string of the molecule is O=S(=O)(N[C@H]1CCCc2ccccc21)c1ccc(F)cc1. The molecule has 3 nitrogen and oxygen atoms in total. The normalized spacial score (nSPS) is 18.2. The molecule has 110 valence electrons. The molecule has 0 bridgehead atoms. The maximum atomic E-state index is 12.9. The summed E-state index contributed by atoms with van der Waals surface area (Å²) in [4.78, 5) is 0.0898. The fraction of sp³-hybridized carbons (Fsp3) is 0.250. The van der Waals surface area contributed by atoms with E-state index in [0.717, 1.165) is 37.0 Å². The number of aryl methyl sites for hydroxylation is 1. The van der Waals surface area contributed by atoms with E-state index < -0.39 is 15.8 Å². The van der Waals surface area contributed by atoms with E-state index in [2.05, 4.69) is 4.72 Å². The van der Waals surface area contributed by atoms with Crippen molar-refractivity contribution in [3.63, 3.8) is 0 Å². The lowest BCUT2D eigenvalue weighted by atomic mass is 9.88. The van der Waals surface area contributed by atoms with Crippen molar-refractivity contribution in [2.45, 2.75) is 30.2 Å². The minimum atomic E-state index is -3.64. The molecule has 0 fully saturated rings. The van der Waals surface area contributed by atoms with E-state index in [1.807, 2.05) is 24.3 Å². The number of rotatable bonds is 3. The number of sulfonamides is 1. The molecule has 0 saturated heterocycles. The zero-order valence-corrected chi connectivity index (χ0v) is 12.2. The number of halogens is 1. The molecular formula is C16H16FNO2S. The smallest absolute Gasteiger partial charge is 0.207 e. The van der Waals surface area contributed by atoms with Crippen LogP contribution in [0.4, 0.5) is 4.39 Å². The fourth-order valence-electron chi connectivity index (χ4n) is 2.75. The van der Waals surface area contributed by atoms with Gasteiger partial charge in [0.15, 0.2) is 0 Å². The van der Waals surface area contributed by atoms with Gasteiger partial charge in [0.2, 0.25) is 10.0 Å². The van der Waals surface area contributed by atoms with Gasteiger partial charge < -0.3 is 0 Å². The Balaban J connectivity index is 1.88. The summed E-state index contributed by atoms with van der Waals surface area (Å²) in [5.74, 6) is -0.447. The molecule has 0 aromatic heterocycles. The molecule has 2 aromatic rings. The highest BCUT2D eigenvalue weighted by atomic mass is 32.2. The Kier molecular flexibility index (Phi) is 3.78. The molecule has 3 rings (SSSR count). The van der Waals surface area contributed by atoms with Crippen LogP contribution in [0.5, 0.6) is 0 Å². The van der Waals surface area contributed by atoms with Gasteiger partial charge in [-0.05, 0) is 54.7 Å². The van der Waals surface area contributed by atoms with Crippen LogP contribution in [0.25, 0.3) is 0 Å². The molecule has 0 saturated carbocycles. The van der Waals surface area contributed by atoms with Crippen LogP contribution in [0, 0.1) is 5.82 Å². The van der Waals surface area contributed by atoms with E-state index in [-0.39, 0.29) is 10.9 Å². The number of hydrogen-bond donors (Lipinski definition) is 1. The van der Waals surface area contributed by atoms with Crippen LogP contribution in [-0.4, -0.2) is 8.42 Å². The van der Waals surface area contributed by atoms with Gasteiger partial charge in [-0.1, -0.05) is 24.3 Å². The van der Waals surface area contributed by atoms with Gasteiger partial charge in [-0.25, -0.2) is 17.5 Å². The van der Waals surface area contributed by atoms with E-state index in [9.17, 15) is 12.8 Å². The van der Waals surface area contributed by atoms with Crippen molar-refractivity contribution in [2.75, 3.05) is 0 Å².